The van der Waals surface area contributed by atoms with Crippen molar-refractivity contribution in [3.63, 3.8) is 0 Å². The molecule has 0 aliphatic carbocycles. The average Bonchev–Trinajstić information content (AvgIpc) is 2.65. The molecule has 0 bridgehead atoms. The molecule has 0 radical (unpaired) electrons. The third-order valence-corrected chi connectivity index (χ3v) is 3.45. The van der Waals surface area contributed by atoms with Crippen LogP contribution in [0.25, 0.3) is 0 Å². The lowest BCUT2D eigenvalue weighted by molar-refractivity contribution is -0.127. The molecule has 0 unspecified atom stereocenters. The molecular weight excluding hydrogens is 322 g/mol. The number of carbonyl (C=O) groups excluding carboxylic acids is 1. The van der Waals surface area contributed by atoms with Crippen molar-refractivity contribution in [1.29, 1.82) is 0 Å². The van der Waals surface area contributed by atoms with Crippen LogP contribution in [0.5, 0.6) is 23.0 Å². The summed E-state index contributed by atoms with van der Waals surface area (Å²) < 4.78 is 21.4. The molecule has 0 saturated carbocycles. The first-order chi connectivity index (χ1) is 12.1. The average molecular weight is 345 g/mol. The monoisotopic (exact) mass is 345 g/mol. The van der Waals surface area contributed by atoms with Gasteiger partial charge in [0.1, 0.15) is 29.6 Å². The van der Waals surface area contributed by atoms with Crippen LogP contribution in [0.4, 0.5) is 0 Å². The van der Waals surface area contributed by atoms with Gasteiger partial charge < -0.3 is 24.3 Å². The van der Waals surface area contributed by atoms with E-state index in [1.807, 2.05) is 36.4 Å². The van der Waals surface area contributed by atoms with E-state index in [1.54, 1.807) is 33.3 Å². The number of methoxy groups -OCH3 is 2. The van der Waals surface area contributed by atoms with Crippen molar-refractivity contribution >= 4 is 5.91 Å². The summed E-state index contributed by atoms with van der Waals surface area (Å²) >= 11 is 0. The largest absolute Gasteiger partial charge is 0.497 e. The van der Waals surface area contributed by atoms with Crippen LogP contribution in [-0.2, 0) is 4.79 Å². The van der Waals surface area contributed by atoms with Crippen LogP contribution in [-0.4, -0.2) is 39.4 Å². The Morgan fingerprint density at radius 1 is 0.960 bits per heavy atom. The predicted molar refractivity (Wildman–Crippen MR) is 94.6 cm³/mol. The molecule has 6 heteroatoms. The van der Waals surface area contributed by atoms with Gasteiger partial charge in [-0.2, -0.15) is 0 Å². The number of rotatable bonds is 9. The molecule has 25 heavy (non-hydrogen) atoms. The SMILES string of the molecule is COc1ccc(OCCNC(=O)[C@@H](C)Oc2cccc(OC)c2)cc1. The third kappa shape index (κ3) is 5.91. The first-order valence-electron chi connectivity index (χ1n) is 7.97. The summed E-state index contributed by atoms with van der Waals surface area (Å²) in [6, 6.07) is 14.4. The van der Waals surface area contributed by atoms with Crippen molar-refractivity contribution in [2.75, 3.05) is 27.4 Å². The molecule has 0 spiro atoms. The second kappa shape index (κ2) is 9.42. The molecule has 0 aromatic heterocycles. The highest BCUT2D eigenvalue weighted by Crippen LogP contribution is 2.20. The Bertz CT molecular complexity index is 672. The second-order valence-corrected chi connectivity index (χ2v) is 5.25. The number of ether oxygens (including phenoxy) is 4. The predicted octanol–water partition coefficient (Wildman–Crippen LogP) is 2.67. The van der Waals surface area contributed by atoms with Crippen molar-refractivity contribution in [2.24, 2.45) is 0 Å². The number of carbonyl (C=O) groups is 1. The molecule has 0 fully saturated rings. The van der Waals surface area contributed by atoms with Crippen LogP contribution < -0.4 is 24.3 Å². The highest BCUT2D eigenvalue weighted by molar-refractivity contribution is 5.80. The summed E-state index contributed by atoms with van der Waals surface area (Å²) in [7, 11) is 3.19. The summed E-state index contributed by atoms with van der Waals surface area (Å²) in [5.74, 6) is 2.54. The smallest absolute Gasteiger partial charge is 0.260 e. The Labute approximate surface area is 147 Å². The maximum Gasteiger partial charge on any atom is 0.260 e. The lowest BCUT2D eigenvalue weighted by Crippen LogP contribution is -2.38. The fourth-order valence-corrected chi connectivity index (χ4v) is 2.09. The number of benzene rings is 2. The van der Waals surface area contributed by atoms with Gasteiger partial charge in [-0.25, -0.2) is 0 Å². The number of amides is 1. The van der Waals surface area contributed by atoms with Crippen molar-refractivity contribution in [1.82, 2.24) is 5.32 Å². The summed E-state index contributed by atoms with van der Waals surface area (Å²) in [4.78, 5) is 12.1. The van der Waals surface area contributed by atoms with Gasteiger partial charge in [-0.15, -0.1) is 0 Å². The molecule has 0 aliphatic heterocycles. The van der Waals surface area contributed by atoms with Gasteiger partial charge >= 0.3 is 0 Å². The molecule has 2 aromatic carbocycles. The number of nitrogens with one attached hydrogen (secondary N) is 1. The molecule has 1 N–H and O–H groups in total. The first-order valence-corrected chi connectivity index (χ1v) is 7.97. The Hall–Kier alpha value is -2.89. The summed E-state index contributed by atoms with van der Waals surface area (Å²) in [6.07, 6.45) is -0.618. The van der Waals surface area contributed by atoms with Gasteiger partial charge in [-0.3, -0.25) is 4.79 Å². The van der Waals surface area contributed by atoms with Crippen LogP contribution in [0.3, 0.4) is 0 Å². The second-order valence-electron chi connectivity index (χ2n) is 5.25. The van der Waals surface area contributed by atoms with E-state index in [2.05, 4.69) is 5.32 Å². The maximum atomic E-state index is 12.1. The van der Waals surface area contributed by atoms with E-state index in [1.165, 1.54) is 0 Å². The van der Waals surface area contributed by atoms with Crippen LogP contribution in [0.2, 0.25) is 0 Å². The molecule has 2 aromatic rings. The van der Waals surface area contributed by atoms with Crippen LogP contribution in [0.15, 0.2) is 48.5 Å². The molecule has 1 amide bonds. The van der Waals surface area contributed by atoms with E-state index >= 15 is 0 Å². The van der Waals surface area contributed by atoms with Gasteiger partial charge in [0.2, 0.25) is 0 Å². The third-order valence-electron chi connectivity index (χ3n) is 3.45. The lowest BCUT2D eigenvalue weighted by atomic mass is 10.3. The molecule has 2 rings (SSSR count). The Morgan fingerprint density at radius 3 is 2.28 bits per heavy atom. The summed E-state index contributed by atoms with van der Waals surface area (Å²) in [6.45, 7) is 2.44. The molecule has 0 heterocycles. The van der Waals surface area contributed by atoms with Crippen molar-refractivity contribution in [3.05, 3.63) is 48.5 Å². The van der Waals surface area contributed by atoms with E-state index < -0.39 is 6.10 Å². The van der Waals surface area contributed by atoms with E-state index in [4.69, 9.17) is 18.9 Å². The minimum atomic E-state index is -0.618. The minimum Gasteiger partial charge on any atom is -0.497 e. The van der Waals surface area contributed by atoms with E-state index in [0.29, 0.717) is 24.7 Å². The molecule has 0 aliphatic rings. The van der Waals surface area contributed by atoms with Gasteiger partial charge in [0.25, 0.3) is 5.91 Å². The molecular formula is C19H23NO5. The van der Waals surface area contributed by atoms with Gasteiger partial charge in [-0.05, 0) is 43.3 Å². The highest BCUT2D eigenvalue weighted by Gasteiger charge is 2.14. The minimum absolute atomic E-state index is 0.207. The fraction of sp³-hybridized carbons (Fsp3) is 0.316. The molecule has 0 saturated heterocycles. The normalized spacial score (nSPS) is 11.3. The van der Waals surface area contributed by atoms with E-state index in [0.717, 1.165) is 11.5 Å². The van der Waals surface area contributed by atoms with Crippen molar-refractivity contribution in [3.8, 4) is 23.0 Å². The van der Waals surface area contributed by atoms with Gasteiger partial charge in [0.15, 0.2) is 6.10 Å². The Morgan fingerprint density at radius 2 is 1.60 bits per heavy atom. The highest BCUT2D eigenvalue weighted by atomic mass is 16.5. The van der Waals surface area contributed by atoms with Gasteiger partial charge in [0.05, 0.1) is 20.8 Å². The zero-order valence-corrected chi connectivity index (χ0v) is 14.7. The Balaban J connectivity index is 1.71. The maximum absolute atomic E-state index is 12.1. The topological polar surface area (TPSA) is 66.0 Å². The molecule has 1 atom stereocenters. The zero-order chi connectivity index (χ0) is 18.1. The molecule has 6 nitrogen and oxygen atoms in total. The molecule has 134 valence electrons. The van der Waals surface area contributed by atoms with E-state index in [-0.39, 0.29) is 5.91 Å². The van der Waals surface area contributed by atoms with Gasteiger partial charge in [0, 0.05) is 6.07 Å². The van der Waals surface area contributed by atoms with Crippen LogP contribution >= 0.6 is 0 Å². The quantitative estimate of drug-likeness (QED) is 0.708. The standard InChI is InChI=1S/C19H23NO5/c1-14(25-18-6-4-5-17(13-18)23-3)19(21)20-11-12-24-16-9-7-15(22-2)8-10-16/h4-10,13-14H,11-12H2,1-3H3,(H,20,21)/t14-/m1/s1. The number of hydrogen-bond donors (Lipinski definition) is 1. The van der Waals surface area contributed by atoms with Crippen LogP contribution in [0, 0.1) is 0 Å². The van der Waals surface area contributed by atoms with Crippen LogP contribution in [0.1, 0.15) is 6.92 Å². The summed E-state index contributed by atoms with van der Waals surface area (Å²) in [5, 5.41) is 2.78. The zero-order valence-electron chi connectivity index (χ0n) is 14.7. The number of hydrogen-bond acceptors (Lipinski definition) is 5. The summed E-state index contributed by atoms with van der Waals surface area (Å²) in [5.41, 5.74) is 0. The van der Waals surface area contributed by atoms with Crippen molar-refractivity contribution in [2.45, 2.75) is 13.0 Å². The Kier molecular flexibility index (Phi) is 6.95. The van der Waals surface area contributed by atoms with Crippen molar-refractivity contribution < 1.29 is 23.7 Å². The first kappa shape index (κ1) is 18.4. The lowest BCUT2D eigenvalue weighted by Gasteiger charge is -2.15. The van der Waals surface area contributed by atoms with E-state index in [9.17, 15) is 4.79 Å². The fourth-order valence-electron chi connectivity index (χ4n) is 2.09. The van der Waals surface area contributed by atoms with Gasteiger partial charge in [-0.1, -0.05) is 6.07 Å².